The second kappa shape index (κ2) is 7.14. The Hall–Kier alpha value is -1.55. The molecule has 1 aromatic rings. The van der Waals surface area contributed by atoms with E-state index in [9.17, 15) is 4.79 Å². The molecule has 2 amide bonds. The van der Waals surface area contributed by atoms with Gasteiger partial charge in [0.25, 0.3) is 0 Å². The molecule has 2 aliphatic rings. The van der Waals surface area contributed by atoms with Gasteiger partial charge < -0.3 is 16.0 Å². The minimum atomic E-state index is -0.285. The molecule has 3 N–H and O–H groups in total. The Morgan fingerprint density at radius 3 is 2.41 bits per heavy atom. The Kier molecular flexibility index (Phi) is 4.98. The van der Waals surface area contributed by atoms with Crippen LogP contribution in [0.5, 0.6) is 0 Å². The number of nitrogens with two attached hydrogens (primary N) is 1. The summed E-state index contributed by atoms with van der Waals surface area (Å²) in [5.41, 5.74) is 6.76. The van der Waals surface area contributed by atoms with Crippen LogP contribution in [0.2, 0.25) is 0 Å². The number of hydrogen-bond donors (Lipinski definition) is 2. The standard InChI is InChI=1S/C18H27N3O/c19-18(22)21-11-9-16(10-12-21)20-17(13-14-5-4-6-14)15-7-2-1-3-8-15/h1-3,7-8,14,16-17,20H,4-6,9-13H2,(H2,19,22)/t17-/m1/s1. The topological polar surface area (TPSA) is 58.4 Å². The first kappa shape index (κ1) is 15.3. The predicted molar refractivity (Wildman–Crippen MR) is 88.5 cm³/mol. The molecular weight excluding hydrogens is 274 g/mol. The number of primary amides is 1. The quantitative estimate of drug-likeness (QED) is 0.878. The summed E-state index contributed by atoms with van der Waals surface area (Å²) in [6.07, 6.45) is 7.38. The van der Waals surface area contributed by atoms with Crippen molar-refractivity contribution in [3.63, 3.8) is 0 Å². The maximum atomic E-state index is 11.2. The molecule has 1 aliphatic carbocycles. The Bertz CT molecular complexity index is 478. The number of piperidine rings is 1. The fourth-order valence-electron chi connectivity index (χ4n) is 3.60. The van der Waals surface area contributed by atoms with Crippen molar-refractivity contribution in [3.8, 4) is 0 Å². The second-order valence-corrected chi connectivity index (χ2v) is 6.76. The van der Waals surface area contributed by atoms with Crippen LogP contribution in [0.1, 0.15) is 50.1 Å². The fraction of sp³-hybridized carbons (Fsp3) is 0.611. The number of rotatable bonds is 5. The van der Waals surface area contributed by atoms with Crippen LogP contribution in [-0.4, -0.2) is 30.1 Å². The van der Waals surface area contributed by atoms with Crippen LogP contribution in [0, 0.1) is 5.92 Å². The Labute approximate surface area is 133 Å². The van der Waals surface area contributed by atoms with Crippen LogP contribution in [0.3, 0.4) is 0 Å². The van der Waals surface area contributed by atoms with Crippen molar-refractivity contribution < 1.29 is 4.79 Å². The fourth-order valence-corrected chi connectivity index (χ4v) is 3.60. The lowest BCUT2D eigenvalue weighted by Gasteiger charge is -2.36. The molecule has 0 unspecified atom stereocenters. The minimum absolute atomic E-state index is 0.285. The number of likely N-dealkylation sites (tertiary alicyclic amines) is 1. The van der Waals surface area contributed by atoms with Gasteiger partial charge in [0.15, 0.2) is 0 Å². The number of hydrogen-bond acceptors (Lipinski definition) is 2. The Morgan fingerprint density at radius 2 is 1.86 bits per heavy atom. The van der Waals surface area contributed by atoms with E-state index in [-0.39, 0.29) is 6.03 Å². The number of benzene rings is 1. The molecule has 0 spiro atoms. The van der Waals surface area contributed by atoms with Crippen LogP contribution < -0.4 is 11.1 Å². The molecule has 1 aliphatic heterocycles. The van der Waals surface area contributed by atoms with Crippen LogP contribution >= 0.6 is 0 Å². The van der Waals surface area contributed by atoms with E-state index in [0.29, 0.717) is 12.1 Å². The van der Waals surface area contributed by atoms with Gasteiger partial charge in [-0.15, -0.1) is 0 Å². The molecule has 22 heavy (non-hydrogen) atoms. The number of amides is 2. The van der Waals surface area contributed by atoms with Gasteiger partial charge in [-0.05, 0) is 30.7 Å². The third-order valence-electron chi connectivity index (χ3n) is 5.24. The lowest BCUT2D eigenvalue weighted by Crippen LogP contribution is -2.47. The van der Waals surface area contributed by atoms with E-state index in [2.05, 4.69) is 35.6 Å². The zero-order valence-corrected chi connectivity index (χ0v) is 13.2. The van der Waals surface area contributed by atoms with Crippen LogP contribution in [-0.2, 0) is 0 Å². The summed E-state index contributed by atoms with van der Waals surface area (Å²) in [7, 11) is 0. The normalized spacial score (nSPS) is 21.4. The van der Waals surface area contributed by atoms with E-state index < -0.39 is 0 Å². The highest BCUT2D eigenvalue weighted by molar-refractivity contribution is 5.72. The van der Waals surface area contributed by atoms with Crippen molar-refractivity contribution >= 4 is 6.03 Å². The summed E-state index contributed by atoms with van der Waals surface area (Å²) < 4.78 is 0. The molecule has 3 rings (SSSR count). The number of carbonyl (C=O) groups is 1. The summed E-state index contributed by atoms with van der Waals surface area (Å²) >= 11 is 0. The van der Waals surface area contributed by atoms with Crippen molar-refractivity contribution in [1.82, 2.24) is 10.2 Å². The highest BCUT2D eigenvalue weighted by Crippen LogP contribution is 2.35. The van der Waals surface area contributed by atoms with Gasteiger partial charge >= 0.3 is 6.03 Å². The molecule has 1 saturated heterocycles. The second-order valence-electron chi connectivity index (χ2n) is 6.76. The molecule has 2 fully saturated rings. The largest absolute Gasteiger partial charge is 0.351 e. The summed E-state index contributed by atoms with van der Waals surface area (Å²) in [6.45, 7) is 1.55. The van der Waals surface area contributed by atoms with Gasteiger partial charge in [-0.2, -0.15) is 0 Å². The first-order chi connectivity index (χ1) is 10.7. The van der Waals surface area contributed by atoms with Gasteiger partial charge in [0.1, 0.15) is 0 Å². The van der Waals surface area contributed by atoms with E-state index in [1.54, 1.807) is 4.90 Å². The average Bonchev–Trinajstić information content (AvgIpc) is 2.51. The molecule has 0 radical (unpaired) electrons. The van der Waals surface area contributed by atoms with Crippen molar-refractivity contribution in [2.75, 3.05) is 13.1 Å². The maximum absolute atomic E-state index is 11.2. The Balaban J connectivity index is 1.59. The van der Waals surface area contributed by atoms with Crippen LogP contribution in [0.25, 0.3) is 0 Å². The lowest BCUT2D eigenvalue weighted by atomic mass is 9.79. The maximum Gasteiger partial charge on any atom is 0.314 e. The SMILES string of the molecule is NC(=O)N1CCC(N[C@H](CC2CCC2)c2ccccc2)CC1. The zero-order chi connectivity index (χ0) is 15.4. The molecular formula is C18H27N3O. The molecule has 0 bridgehead atoms. The van der Waals surface area contributed by atoms with E-state index in [4.69, 9.17) is 5.73 Å². The zero-order valence-electron chi connectivity index (χ0n) is 13.2. The van der Waals surface area contributed by atoms with Gasteiger partial charge in [0.2, 0.25) is 0 Å². The molecule has 1 atom stereocenters. The molecule has 1 saturated carbocycles. The van der Waals surface area contributed by atoms with Crippen molar-refractivity contribution in [2.45, 2.75) is 50.6 Å². The first-order valence-electron chi connectivity index (χ1n) is 8.58. The van der Waals surface area contributed by atoms with Crippen LogP contribution in [0.4, 0.5) is 4.79 Å². The molecule has 1 aromatic carbocycles. The van der Waals surface area contributed by atoms with E-state index >= 15 is 0 Å². The molecule has 4 nitrogen and oxygen atoms in total. The first-order valence-corrected chi connectivity index (χ1v) is 8.58. The van der Waals surface area contributed by atoms with E-state index in [1.807, 2.05) is 0 Å². The van der Waals surface area contributed by atoms with Crippen LogP contribution in [0.15, 0.2) is 30.3 Å². The predicted octanol–water partition coefficient (Wildman–Crippen LogP) is 3.05. The van der Waals surface area contributed by atoms with Gasteiger partial charge in [-0.1, -0.05) is 49.6 Å². The highest BCUT2D eigenvalue weighted by Gasteiger charge is 2.27. The third kappa shape index (κ3) is 3.80. The highest BCUT2D eigenvalue weighted by atomic mass is 16.2. The summed E-state index contributed by atoms with van der Waals surface area (Å²) in [6, 6.07) is 11.4. The minimum Gasteiger partial charge on any atom is -0.351 e. The molecule has 4 heteroatoms. The number of nitrogens with one attached hydrogen (secondary N) is 1. The smallest absolute Gasteiger partial charge is 0.314 e. The lowest BCUT2D eigenvalue weighted by molar-refractivity contribution is 0.177. The van der Waals surface area contributed by atoms with Gasteiger partial charge in [-0.25, -0.2) is 4.79 Å². The summed E-state index contributed by atoms with van der Waals surface area (Å²) in [5.74, 6) is 0.878. The third-order valence-corrected chi connectivity index (χ3v) is 5.24. The van der Waals surface area contributed by atoms with Gasteiger partial charge in [0.05, 0.1) is 0 Å². The number of carbonyl (C=O) groups excluding carboxylic acids is 1. The Morgan fingerprint density at radius 1 is 1.18 bits per heavy atom. The van der Waals surface area contributed by atoms with Gasteiger partial charge in [0, 0.05) is 25.2 Å². The monoisotopic (exact) mass is 301 g/mol. The van der Waals surface area contributed by atoms with Crippen molar-refractivity contribution in [2.24, 2.45) is 11.7 Å². The number of nitrogens with zero attached hydrogens (tertiary/aromatic N) is 1. The summed E-state index contributed by atoms with van der Waals surface area (Å²) in [4.78, 5) is 13.0. The van der Waals surface area contributed by atoms with Crippen molar-refractivity contribution in [3.05, 3.63) is 35.9 Å². The molecule has 0 aromatic heterocycles. The molecule has 1 heterocycles. The average molecular weight is 301 g/mol. The van der Waals surface area contributed by atoms with Crippen molar-refractivity contribution in [1.29, 1.82) is 0 Å². The van der Waals surface area contributed by atoms with Gasteiger partial charge in [-0.3, -0.25) is 0 Å². The number of urea groups is 1. The van der Waals surface area contributed by atoms with E-state index in [0.717, 1.165) is 31.8 Å². The molecule has 120 valence electrons. The summed E-state index contributed by atoms with van der Waals surface area (Å²) in [5, 5.41) is 3.85. The van der Waals surface area contributed by atoms with E-state index in [1.165, 1.54) is 31.2 Å².